The molecule has 0 heterocycles. The van der Waals surface area contributed by atoms with Crippen molar-refractivity contribution in [3.8, 4) is 0 Å². The lowest BCUT2D eigenvalue weighted by Crippen LogP contribution is -2.34. The fourth-order valence-electron chi connectivity index (χ4n) is 5.78. The lowest BCUT2D eigenvalue weighted by Gasteiger charge is -2.36. The molecule has 0 aliphatic carbocycles. The van der Waals surface area contributed by atoms with E-state index in [2.05, 4.69) is 159 Å². The van der Waals surface area contributed by atoms with E-state index in [-0.39, 0.29) is 11.6 Å². The van der Waals surface area contributed by atoms with Crippen LogP contribution in [0.25, 0.3) is 0 Å². The zero-order chi connectivity index (χ0) is 29.9. The monoisotopic (exact) mass is 621 g/mol. The Morgan fingerprint density at radius 3 is 1.44 bits per heavy atom. The third-order valence-electron chi connectivity index (χ3n) is 7.92. The summed E-state index contributed by atoms with van der Waals surface area (Å²) in [5.41, 5.74) is 0.129. The molecule has 0 aliphatic rings. The summed E-state index contributed by atoms with van der Waals surface area (Å²) in [6.07, 6.45) is 0.412. The first kappa shape index (κ1) is 31.3. The number of carbonyl (C=O) groups excluding carboxylic acids is 1. The van der Waals surface area contributed by atoms with Crippen molar-refractivity contribution in [1.82, 2.24) is 0 Å². The van der Waals surface area contributed by atoms with E-state index in [0.29, 0.717) is 13.0 Å². The first-order valence-corrected chi connectivity index (χ1v) is 20.2. The molecule has 0 bridgehead atoms. The Hall–Kier alpha value is -3.14. The van der Waals surface area contributed by atoms with E-state index < -0.39 is 23.1 Å². The fourth-order valence-corrected chi connectivity index (χ4v) is 20.6. The second kappa shape index (κ2) is 15.5. The minimum absolute atomic E-state index is 0.105. The summed E-state index contributed by atoms with van der Waals surface area (Å²) in [5, 5.41) is 6.98. The summed E-state index contributed by atoms with van der Waals surface area (Å²) >= 11 is 0. The van der Waals surface area contributed by atoms with Crippen molar-refractivity contribution in [2.45, 2.75) is 25.9 Å². The fraction of sp³-hybridized carbons (Fsp3) is 0.184. The normalized spacial score (nSPS) is 12.9. The van der Waals surface area contributed by atoms with Crippen molar-refractivity contribution in [2.75, 3.05) is 18.4 Å². The third-order valence-corrected chi connectivity index (χ3v) is 20.6. The number of hydrogen-bond donors (Lipinski definition) is 0. The van der Waals surface area contributed by atoms with Crippen molar-refractivity contribution >= 4 is 55.6 Å². The Morgan fingerprint density at radius 2 is 1.02 bits per heavy atom. The lowest BCUT2D eigenvalue weighted by molar-refractivity contribution is -0.143. The van der Waals surface area contributed by atoms with E-state index >= 15 is 0 Å². The van der Waals surface area contributed by atoms with E-state index in [1.54, 1.807) is 0 Å². The van der Waals surface area contributed by atoms with Gasteiger partial charge in [-0.25, -0.2) is 0 Å². The van der Waals surface area contributed by atoms with Crippen molar-refractivity contribution in [3.05, 3.63) is 152 Å². The standard InChI is InChI=1S/C38H40O2P3/c1-3-40-38(39)29-32(2)43(36-25-15-7-16-26-36,37-27-17-8-18-28-37)31-41(33-19-9-4-10-20-33)30-42(34-21-11-5-12-22-34)35-23-13-6-14-24-35/h4-28,32H,3,29-31H2,1-2H3/q+1. The molecule has 2 atom stereocenters. The second-order valence-electron chi connectivity index (χ2n) is 10.7. The van der Waals surface area contributed by atoms with Gasteiger partial charge in [0.1, 0.15) is 0 Å². The number of benzene rings is 5. The number of ether oxygens (including phenoxy) is 1. The van der Waals surface area contributed by atoms with Gasteiger partial charge >= 0.3 is 5.97 Å². The zero-order valence-electron chi connectivity index (χ0n) is 25.0. The van der Waals surface area contributed by atoms with Crippen LogP contribution in [0.15, 0.2) is 152 Å². The molecule has 0 aromatic heterocycles. The zero-order valence-corrected chi connectivity index (χ0v) is 27.7. The Kier molecular flexibility index (Phi) is 11.3. The highest BCUT2D eigenvalue weighted by Crippen LogP contribution is 2.69. The van der Waals surface area contributed by atoms with Gasteiger partial charge in [0, 0.05) is 5.90 Å². The van der Waals surface area contributed by atoms with Gasteiger partial charge in [0.05, 0.1) is 42.5 Å². The quantitative estimate of drug-likeness (QED) is 0.0989. The maximum Gasteiger partial charge on any atom is 0.309 e. The molecule has 218 valence electrons. The van der Waals surface area contributed by atoms with Crippen molar-refractivity contribution in [2.24, 2.45) is 0 Å². The summed E-state index contributed by atoms with van der Waals surface area (Å²) in [4.78, 5) is 13.1. The number of rotatable bonds is 13. The Balaban J connectivity index is 1.68. The smallest absolute Gasteiger partial charge is 0.309 e. The lowest BCUT2D eigenvalue weighted by atomic mass is 10.3. The van der Waals surface area contributed by atoms with Crippen LogP contribution in [0.1, 0.15) is 20.3 Å². The van der Waals surface area contributed by atoms with Gasteiger partial charge in [0.25, 0.3) is 0 Å². The van der Waals surface area contributed by atoms with Crippen LogP contribution in [0.4, 0.5) is 0 Å². The number of carbonyl (C=O) groups is 1. The van der Waals surface area contributed by atoms with Crippen molar-refractivity contribution in [3.63, 3.8) is 0 Å². The van der Waals surface area contributed by atoms with E-state index in [0.717, 1.165) is 11.8 Å². The molecule has 0 aliphatic heterocycles. The molecule has 43 heavy (non-hydrogen) atoms. The van der Waals surface area contributed by atoms with E-state index in [1.165, 1.54) is 26.5 Å². The van der Waals surface area contributed by atoms with E-state index in [4.69, 9.17) is 4.74 Å². The first-order valence-electron chi connectivity index (χ1n) is 14.9. The first-order chi connectivity index (χ1) is 21.1. The van der Waals surface area contributed by atoms with Crippen LogP contribution < -0.4 is 26.5 Å². The Labute approximate surface area is 260 Å². The van der Waals surface area contributed by atoms with Gasteiger partial charge in [-0.1, -0.05) is 127 Å². The Bertz CT molecular complexity index is 1450. The highest BCUT2D eigenvalue weighted by Gasteiger charge is 2.50. The molecule has 2 nitrogen and oxygen atoms in total. The molecule has 0 radical (unpaired) electrons. The molecule has 0 saturated carbocycles. The van der Waals surface area contributed by atoms with Gasteiger partial charge in [-0.15, -0.1) is 0 Å². The van der Waals surface area contributed by atoms with Gasteiger partial charge in [0.2, 0.25) is 0 Å². The molecule has 5 rings (SSSR count). The summed E-state index contributed by atoms with van der Waals surface area (Å²) in [6.45, 7) is 4.59. The van der Waals surface area contributed by atoms with Crippen LogP contribution in [-0.4, -0.2) is 30.0 Å². The molecule has 0 N–H and O–H groups in total. The minimum atomic E-state index is -2.09. The molecule has 5 heteroatoms. The molecular weight excluding hydrogens is 581 g/mol. The largest absolute Gasteiger partial charge is 0.466 e. The van der Waals surface area contributed by atoms with Crippen LogP contribution in [0.5, 0.6) is 0 Å². The number of esters is 1. The van der Waals surface area contributed by atoms with Crippen LogP contribution in [-0.2, 0) is 9.53 Å². The van der Waals surface area contributed by atoms with Crippen LogP contribution in [0.2, 0.25) is 0 Å². The summed E-state index contributed by atoms with van der Waals surface area (Å²) < 4.78 is 5.54. The maximum atomic E-state index is 13.1. The molecule has 2 unspecified atom stereocenters. The van der Waals surface area contributed by atoms with Gasteiger partial charge < -0.3 is 4.74 Å². The summed E-state index contributed by atoms with van der Waals surface area (Å²) in [7, 11) is -3.30. The highest BCUT2D eigenvalue weighted by atomic mass is 31.2. The van der Waals surface area contributed by atoms with Gasteiger partial charge in [-0.3, -0.25) is 4.79 Å². The summed E-state index contributed by atoms with van der Waals surface area (Å²) in [5.74, 6) is 2.03. The molecule has 5 aromatic carbocycles. The van der Waals surface area contributed by atoms with Crippen LogP contribution in [0, 0.1) is 0 Å². The average molecular weight is 622 g/mol. The molecular formula is C38H40O2P3+. The third kappa shape index (κ3) is 7.69. The molecule has 0 amide bonds. The topological polar surface area (TPSA) is 26.3 Å². The number of hydrogen-bond acceptors (Lipinski definition) is 2. The molecule has 0 fully saturated rings. The predicted octanol–water partition coefficient (Wildman–Crippen LogP) is 7.85. The minimum Gasteiger partial charge on any atom is -0.466 e. The Morgan fingerprint density at radius 1 is 0.628 bits per heavy atom. The highest BCUT2D eigenvalue weighted by molar-refractivity contribution is 7.99. The molecule has 0 saturated heterocycles. The van der Waals surface area contributed by atoms with Crippen molar-refractivity contribution in [1.29, 1.82) is 0 Å². The molecule has 5 aromatic rings. The van der Waals surface area contributed by atoms with E-state index in [1.807, 2.05) is 6.92 Å². The van der Waals surface area contributed by atoms with Gasteiger partial charge in [-0.05, 0) is 69.9 Å². The predicted molar refractivity (Wildman–Crippen MR) is 192 cm³/mol. The molecule has 0 spiro atoms. The average Bonchev–Trinajstić information content (AvgIpc) is 3.07. The van der Waals surface area contributed by atoms with Crippen LogP contribution >= 0.6 is 23.1 Å². The van der Waals surface area contributed by atoms with Crippen molar-refractivity contribution < 1.29 is 9.53 Å². The SMILES string of the molecule is CCOC(=O)CC(C)[P+](CP(CP(c1ccccc1)c1ccccc1)c1ccccc1)(c1ccccc1)c1ccccc1. The summed E-state index contributed by atoms with van der Waals surface area (Å²) in [6, 6.07) is 55.3. The van der Waals surface area contributed by atoms with Gasteiger partial charge in [0.15, 0.2) is 0 Å². The maximum absolute atomic E-state index is 13.1. The van der Waals surface area contributed by atoms with Crippen LogP contribution in [0.3, 0.4) is 0 Å². The van der Waals surface area contributed by atoms with Gasteiger partial charge in [-0.2, -0.15) is 0 Å². The second-order valence-corrected chi connectivity index (χ2v) is 20.1. The van der Waals surface area contributed by atoms with E-state index in [9.17, 15) is 4.79 Å².